The summed E-state index contributed by atoms with van der Waals surface area (Å²) >= 11 is 0. The topological polar surface area (TPSA) is 129 Å². The van der Waals surface area contributed by atoms with Gasteiger partial charge in [-0.25, -0.2) is 9.97 Å². The Labute approximate surface area is 191 Å². The van der Waals surface area contributed by atoms with Crippen molar-refractivity contribution in [3.05, 3.63) is 70.5 Å². The van der Waals surface area contributed by atoms with E-state index in [1.54, 1.807) is 12.1 Å². The number of oxazole rings is 1. The molecule has 0 aliphatic carbocycles. The summed E-state index contributed by atoms with van der Waals surface area (Å²) in [7, 11) is 3.81. The Bertz CT molecular complexity index is 1340. The number of hydrogen-bond donors (Lipinski definition) is 4. The maximum Gasteiger partial charge on any atom is 0.292 e. The second-order valence-corrected chi connectivity index (χ2v) is 8.31. The molecule has 168 valence electrons. The van der Waals surface area contributed by atoms with Crippen LogP contribution in [-0.4, -0.2) is 41.3 Å². The van der Waals surface area contributed by atoms with Crippen LogP contribution < -0.4 is 21.3 Å². The van der Waals surface area contributed by atoms with Gasteiger partial charge in [0.05, 0.1) is 11.3 Å². The molecule has 2 aromatic heterocycles. The zero-order chi connectivity index (χ0) is 22.9. The van der Waals surface area contributed by atoms with Crippen LogP contribution in [0, 0.1) is 5.41 Å². The van der Waals surface area contributed by atoms with E-state index in [0.717, 1.165) is 19.5 Å². The molecule has 4 aromatic rings. The minimum atomic E-state index is 0.105. The molecule has 0 saturated carbocycles. The predicted molar refractivity (Wildman–Crippen MR) is 130 cm³/mol. The molecule has 2 aromatic carbocycles. The van der Waals surface area contributed by atoms with Crippen LogP contribution in [0.1, 0.15) is 27.8 Å². The molecular weight excluding hydrogens is 416 g/mol. The summed E-state index contributed by atoms with van der Waals surface area (Å²) in [5.41, 5.74) is 12.4. The zero-order valence-corrected chi connectivity index (χ0v) is 18.6. The predicted octanol–water partition coefficient (Wildman–Crippen LogP) is 2.94. The molecule has 1 aliphatic heterocycles. The van der Waals surface area contributed by atoms with Crippen molar-refractivity contribution >= 4 is 34.5 Å². The van der Waals surface area contributed by atoms with Crippen molar-refractivity contribution in [3.63, 3.8) is 0 Å². The molecule has 0 saturated heterocycles. The Morgan fingerprint density at radius 1 is 1.18 bits per heavy atom. The van der Waals surface area contributed by atoms with Gasteiger partial charge in [0.2, 0.25) is 0 Å². The number of nitrogen functional groups attached to an aromatic ring is 1. The molecule has 9 heteroatoms. The first-order chi connectivity index (χ1) is 16.0. The minimum absolute atomic E-state index is 0.105. The van der Waals surface area contributed by atoms with E-state index in [4.69, 9.17) is 15.6 Å². The van der Waals surface area contributed by atoms with E-state index in [0.29, 0.717) is 46.1 Å². The molecule has 0 bridgehead atoms. The summed E-state index contributed by atoms with van der Waals surface area (Å²) in [6.45, 7) is 2.53. The summed E-state index contributed by atoms with van der Waals surface area (Å²) in [5, 5.41) is 15.8. The molecule has 9 nitrogen and oxygen atoms in total. The average Bonchev–Trinajstić information content (AvgIpc) is 3.21. The lowest BCUT2D eigenvalue weighted by Gasteiger charge is -2.20. The van der Waals surface area contributed by atoms with E-state index >= 15 is 0 Å². The number of hydrogen-bond acceptors (Lipinski definition) is 9. The van der Waals surface area contributed by atoms with E-state index in [-0.39, 0.29) is 6.01 Å². The van der Waals surface area contributed by atoms with Crippen LogP contribution in [-0.2, 0) is 19.5 Å². The fraction of sp³-hybridized carbons (Fsp3) is 0.250. The van der Waals surface area contributed by atoms with Crippen molar-refractivity contribution in [1.29, 1.82) is 5.41 Å². The van der Waals surface area contributed by atoms with Gasteiger partial charge in [0.25, 0.3) is 6.01 Å². The second kappa shape index (κ2) is 8.51. The first kappa shape index (κ1) is 20.9. The molecule has 0 fully saturated rings. The van der Waals surface area contributed by atoms with Gasteiger partial charge in [0.1, 0.15) is 23.5 Å². The first-order valence-electron chi connectivity index (χ1n) is 10.8. The van der Waals surface area contributed by atoms with E-state index < -0.39 is 0 Å². The molecule has 0 spiro atoms. The van der Waals surface area contributed by atoms with Gasteiger partial charge in [-0.15, -0.1) is 0 Å². The highest BCUT2D eigenvalue weighted by Crippen LogP contribution is 2.28. The van der Waals surface area contributed by atoms with Crippen molar-refractivity contribution in [2.24, 2.45) is 0 Å². The number of aromatic nitrogens is 3. The third-order valence-corrected chi connectivity index (χ3v) is 5.81. The minimum Gasteiger partial charge on any atom is -0.424 e. The largest absolute Gasteiger partial charge is 0.424 e. The Morgan fingerprint density at radius 3 is 2.91 bits per heavy atom. The summed E-state index contributed by atoms with van der Waals surface area (Å²) in [5.74, 6) is 1.27. The van der Waals surface area contributed by atoms with E-state index in [1.165, 1.54) is 23.0 Å². The summed E-state index contributed by atoms with van der Waals surface area (Å²) in [6, 6.07) is 12.1. The lowest BCUT2D eigenvalue weighted by molar-refractivity contribution is 0.626. The Kier molecular flexibility index (Phi) is 5.39. The fourth-order valence-corrected chi connectivity index (χ4v) is 4.15. The molecule has 5 rings (SSSR count). The number of fused-ring (bicyclic) bond motifs is 2. The second-order valence-electron chi connectivity index (χ2n) is 8.31. The highest BCUT2D eigenvalue weighted by atomic mass is 16.4. The van der Waals surface area contributed by atoms with Crippen molar-refractivity contribution in [2.75, 3.05) is 36.6 Å². The van der Waals surface area contributed by atoms with Crippen LogP contribution in [0.4, 0.5) is 17.7 Å². The zero-order valence-electron chi connectivity index (χ0n) is 18.6. The van der Waals surface area contributed by atoms with Crippen molar-refractivity contribution < 1.29 is 4.42 Å². The van der Waals surface area contributed by atoms with Gasteiger partial charge in [-0.05, 0) is 47.9 Å². The third-order valence-electron chi connectivity index (χ3n) is 5.81. The average molecular weight is 443 g/mol. The monoisotopic (exact) mass is 442 g/mol. The van der Waals surface area contributed by atoms with Crippen LogP contribution in [0.15, 0.2) is 47.1 Å². The lowest BCUT2D eigenvalue weighted by Crippen LogP contribution is -2.23. The number of anilines is 3. The summed E-state index contributed by atoms with van der Waals surface area (Å²) < 4.78 is 5.37. The summed E-state index contributed by atoms with van der Waals surface area (Å²) in [6.07, 6.45) is 2.56. The molecule has 5 N–H and O–H groups in total. The van der Waals surface area contributed by atoms with E-state index in [9.17, 15) is 0 Å². The maximum absolute atomic E-state index is 8.99. The smallest absolute Gasteiger partial charge is 0.292 e. The SMILES string of the molecule is CN(C)c1ncnc(NCc2ccc3c(c2)CCNC3)c1C(=N)c1ccc2oc(N)nc2c1. The van der Waals surface area contributed by atoms with Crippen LogP contribution in [0.25, 0.3) is 11.1 Å². The standard InChI is InChI=1S/C24H26N8O/c1-32(2)23-20(21(25)16-5-6-19-18(10-16)31-24(26)33-19)22(29-13-30-23)28-11-14-3-4-17-12-27-8-7-15(17)9-14/h3-6,9-10,13,25,27H,7-8,11-12H2,1-2H3,(H2,26,31)(H,28,29,30). The number of nitrogens with one attached hydrogen (secondary N) is 3. The van der Waals surface area contributed by atoms with Crippen molar-refractivity contribution in [3.8, 4) is 0 Å². The number of benzene rings is 2. The molecular formula is C24H26N8O. The van der Waals surface area contributed by atoms with Crippen molar-refractivity contribution in [2.45, 2.75) is 19.5 Å². The van der Waals surface area contributed by atoms with Crippen LogP contribution in [0.2, 0.25) is 0 Å². The normalized spacial score (nSPS) is 13.0. The quantitative estimate of drug-likeness (QED) is 0.336. The van der Waals surface area contributed by atoms with Gasteiger partial charge in [-0.1, -0.05) is 18.2 Å². The number of nitrogens with zero attached hydrogens (tertiary/aromatic N) is 4. The van der Waals surface area contributed by atoms with E-state index in [2.05, 4.69) is 43.8 Å². The Hall–Kier alpha value is -3.98. The van der Waals surface area contributed by atoms with Gasteiger partial charge in [0, 0.05) is 32.7 Å². The highest BCUT2D eigenvalue weighted by Gasteiger charge is 2.20. The van der Waals surface area contributed by atoms with Gasteiger partial charge in [-0.2, -0.15) is 4.98 Å². The van der Waals surface area contributed by atoms with Crippen LogP contribution in [0.3, 0.4) is 0 Å². The maximum atomic E-state index is 8.99. The van der Waals surface area contributed by atoms with Gasteiger partial charge in [-0.3, -0.25) is 5.41 Å². The summed E-state index contributed by atoms with van der Waals surface area (Å²) in [4.78, 5) is 15.0. The molecule has 33 heavy (non-hydrogen) atoms. The van der Waals surface area contributed by atoms with Crippen LogP contribution in [0.5, 0.6) is 0 Å². The Balaban J connectivity index is 1.47. The number of nitrogens with two attached hydrogens (primary N) is 1. The Morgan fingerprint density at radius 2 is 2.06 bits per heavy atom. The third kappa shape index (κ3) is 4.10. The molecule has 3 heterocycles. The van der Waals surface area contributed by atoms with Crippen molar-refractivity contribution in [1.82, 2.24) is 20.3 Å². The first-order valence-corrected chi connectivity index (χ1v) is 10.8. The molecule has 0 amide bonds. The molecule has 0 unspecified atom stereocenters. The highest BCUT2D eigenvalue weighted by molar-refractivity contribution is 6.17. The molecule has 0 atom stereocenters. The molecule has 0 radical (unpaired) electrons. The fourth-order valence-electron chi connectivity index (χ4n) is 4.15. The van der Waals surface area contributed by atoms with E-state index in [1.807, 2.05) is 25.1 Å². The van der Waals surface area contributed by atoms with Gasteiger partial charge in [0.15, 0.2) is 5.58 Å². The molecule has 1 aliphatic rings. The number of rotatable bonds is 6. The van der Waals surface area contributed by atoms with Gasteiger partial charge >= 0.3 is 0 Å². The van der Waals surface area contributed by atoms with Crippen LogP contribution >= 0.6 is 0 Å². The lowest BCUT2D eigenvalue weighted by atomic mass is 9.98. The van der Waals surface area contributed by atoms with Gasteiger partial charge < -0.3 is 25.7 Å².